The lowest BCUT2D eigenvalue weighted by Gasteiger charge is -2.21. The van der Waals surface area contributed by atoms with E-state index in [0.29, 0.717) is 18.0 Å². The second kappa shape index (κ2) is 7.07. The molecule has 0 spiro atoms. The number of carbonyl (C=O) groups is 1. The standard InChI is InChI=1S/C14H22N2O/c1-3-11(4-2)13(15)10-16-14(17)12-8-6-5-7-9-12/h5-9,11,13H,3-4,10,15H2,1-2H3,(H,16,17). The molecule has 1 unspecified atom stereocenters. The summed E-state index contributed by atoms with van der Waals surface area (Å²) in [5, 5.41) is 2.88. The van der Waals surface area contributed by atoms with Crippen LogP contribution < -0.4 is 11.1 Å². The number of nitrogens with two attached hydrogens (primary N) is 1. The van der Waals surface area contributed by atoms with Crippen LogP contribution in [0.4, 0.5) is 0 Å². The molecule has 3 N–H and O–H groups in total. The molecule has 0 radical (unpaired) electrons. The Labute approximate surface area is 103 Å². The average Bonchev–Trinajstić information content (AvgIpc) is 2.38. The van der Waals surface area contributed by atoms with Crippen molar-refractivity contribution in [3.8, 4) is 0 Å². The second-order valence-electron chi connectivity index (χ2n) is 4.32. The first-order valence-corrected chi connectivity index (χ1v) is 6.27. The monoisotopic (exact) mass is 234 g/mol. The highest BCUT2D eigenvalue weighted by molar-refractivity contribution is 5.94. The molecule has 0 aliphatic heterocycles. The van der Waals surface area contributed by atoms with E-state index in [0.717, 1.165) is 12.8 Å². The molecule has 3 heteroatoms. The average molecular weight is 234 g/mol. The first kappa shape index (κ1) is 13.7. The van der Waals surface area contributed by atoms with Gasteiger partial charge >= 0.3 is 0 Å². The van der Waals surface area contributed by atoms with Gasteiger partial charge in [0.05, 0.1) is 0 Å². The summed E-state index contributed by atoms with van der Waals surface area (Å²) in [5.41, 5.74) is 6.74. The lowest BCUT2D eigenvalue weighted by Crippen LogP contribution is -2.41. The number of hydrogen-bond acceptors (Lipinski definition) is 2. The van der Waals surface area contributed by atoms with Gasteiger partial charge in [0.25, 0.3) is 5.91 Å². The minimum Gasteiger partial charge on any atom is -0.350 e. The predicted octanol–water partition coefficient (Wildman–Crippen LogP) is 2.18. The molecule has 1 amide bonds. The van der Waals surface area contributed by atoms with Gasteiger partial charge < -0.3 is 11.1 Å². The zero-order chi connectivity index (χ0) is 12.7. The van der Waals surface area contributed by atoms with Crippen LogP contribution in [0.1, 0.15) is 37.0 Å². The third-order valence-corrected chi connectivity index (χ3v) is 3.19. The van der Waals surface area contributed by atoms with E-state index in [-0.39, 0.29) is 11.9 Å². The van der Waals surface area contributed by atoms with Crippen molar-refractivity contribution in [1.82, 2.24) is 5.32 Å². The van der Waals surface area contributed by atoms with E-state index in [2.05, 4.69) is 19.2 Å². The summed E-state index contributed by atoms with van der Waals surface area (Å²) in [4.78, 5) is 11.8. The molecule has 0 bridgehead atoms. The fourth-order valence-corrected chi connectivity index (χ4v) is 1.96. The molecule has 1 atom stereocenters. The van der Waals surface area contributed by atoms with Gasteiger partial charge in [-0.1, -0.05) is 44.9 Å². The van der Waals surface area contributed by atoms with E-state index in [1.165, 1.54) is 0 Å². The molecule has 0 fully saturated rings. The van der Waals surface area contributed by atoms with Crippen LogP contribution in [0.25, 0.3) is 0 Å². The first-order valence-electron chi connectivity index (χ1n) is 6.27. The Morgan fingerprint density at radius 2 is 1.82 bits per heavy atom. The zero-order valence-electron chi connectivity index (χ0n) is 10.6. The Morgan fingerprint density at radius 3 is 2.35 bits per heavy atom. The van der Waals surface area contributed by atoms with Gasteiger partial charge in [-0.2, -0.15) is 0 Å². The number of benzene rings is 1. The highest BCUT2D eigenvalue weighted by Gasteiger charge is 2.15. The number of rotatable bonds is 6. The molecule has 1 aromatic rings. The predicted molar refractivity (Wildman–Crippen MR) is 70.8 cm³/mol. The van der Waals surface area contributed by atoms with Crippen LogP contribution >= 0.6 is 0 Å². The quantitative estimate of drug-likeness (QED) is 0.792. The van der Waals surface area contributed by atoms with Gasteiger partial charge in [-0.25, -0.2) is 0 Å². The molecule has 17 heavy (non-hydrogen) atoms. The number of nitrogens with one attached hydrogen (secondary N) is 1. The topological polar surface area (TPSA) is 55.1 Å². The van der Waals surface area contributed by atoms with Crippen molar-refractivity contribution < 1.29 is 4.79 Å². The summed E-state index contributed by atoms with van der Waals surface area (Å²) in [6.45, 7) is 4.81. The molecule has 0 saturated heterocycles. The maximum absolute atomic E-state index is 11.8. The number of amides is 1. The molecule has 0 aliphatic carbocycles. The molecular weight excluding hydrogens is 212 g/mol. The zero-order valence-corrected chi connectivity index (χ0v) is 10.6. The van der Waals surface area contributed by atoms with E-state index < -0.39 is 0 Å². The van der Waals surface area contributed by atoms with Crippen LogP contribution in [-0.2, 0) is 0 Å². The smallest absolute Gasteiger partial charge is 0.251 e. The molecule has 0 heterocycles. The Bertz CT molecular complexity index is 333. The van der Waals surface area contributed by atoms with Crippen LogP contribution in [0.15, 0.2) is 30.3 Å². The van der Waals surface area contributed by atoms with Crippen molar-refractivity contribution in [1.29, 1.82) is 0 Å². The fourth-order valence-electron chi connectivity index (χ4n) is 1.96. The molecule has 0 aliphatic rings. The Kier molecular flexibility index (Phi) is 5.70. The molecule has 3 nitrogen and oxygen atoms in total. The van der Waals surface area contributed by atoms with E-state index in [1.807, 2.05) is 18.2 Å². The maximum Gasteiger partial charge on any atom is 0.251 e. The maximum atomic E-state index is 11.8. The summed E-state index contributed by atoms with van der Waals surface area (Å²) >= 11 is 0. The van der Waals surface area contributed by atoms with Crippen molar-refractivity contribution in [2.75, 3.05) is 6.54 Å². The first-order chi connectivity index (χ1) is 8.19. The summed E-state index contributed by atoms with van der Waals surface area (Å²) < 4.78 is 0. The molecular formula is C14H22N2O. The van der Waals surface area contributed by atoms with Crippen LogP contribution in [0.3, 0.4) is 0 Å². The third-order valence-electron chi connectivity index (χ3n) is 3.19. The SMILES string of the molecule is CCC(CC)C(N)CNC(=O)c1ccccc1. The minimum absolute atomic E-state index is 0.0395. The van der Waals surface area contributed by atoms with E-state index in [9.17, 15) is 4.79 Å². The van der Waals surface area contributed by atoms with Gasteiger partial charge in [-0.15, -0.1) is 0 Å². The molecule has 94 valence electrons. The highest BCUT2D eigenvalue weighted by atomic mass is 16.1. The lowest BCUT2D eigenvalue weighted by molar-refractivity contribution is 0.0948. The van der Waals surface area contributed by atoms with Crippen LogP contribution in [0, 0.1) is 5.92 Å². The van der Waals surface area contributed by atoms with Crippen molar-refractivity contribution in [3.05, 3.63) is 35.9 Å². The molecule has 1 aromatic carbocycles. The normalized spacial score (nSPS) is 12.5. The molecule has 0 aromatic heterocycles. The van der Waals surface area contributed by atoms with Gasteiger partial charge in [0.2, 0.25) is 0 Å². The molecule has 0 saturated carbocycles. The number of carbonyl (C=O) groups excluding carboxylic acids is 1. The Balaban J connectivity index is 2.43. The van der Waals surface area contributed by atoms with Crippen LogP contribution in [-0.4, -0.2) is 18.5 Å². The van der Waals surface area contributed by atoms with Crippen LogP contribution in [0.5, 0.6) is 0 Å². The van der Waals surface area contributed by atoms with E-state index in [1.54, 1.807) is 12.1 Å². The Morgan fingerprint density at radius 1 is 1.24 bits per heavy atom. The second-order valence-corrected chi connectivity index (χ2v) is 4.32. The van der Waals surface area contributed by atoms with E-state index in [4.69, 9.17) is 5.73 Å². The van der Waals surface area contributed by atoms with Crippen molar-refractivity contribution >= 4 is 5.91 Å². The van der Waals surface area contributed by atoms with Crippen molar-refractivity contribution in [3.63, 3.8) is 0 Å². The van der Waals surface area contributed by atoms with E-state index >= 15 is 0 Å². The highest BCUT2D eigenvalue weighted by Crippen LogP contribution is 2.10. The lowest BCUT2D eigenvalue weighted by atomic mass is 9.95. The van der Waals surface area contributed by atoms with Crippen molar-refractivity contribution in [2.24, 2.45) is 11.7 Å². The van der Waals surface area contributed by atoms with Gasteiger partial charge in [0, 0.05) is 18.2 Å². The summed E-state index contributed by atoms with van der Waals surface area (Å²) in [7, 11) is 0. The minimum atomic E-state index is -0.0491. The summed E-state index contributed by atoms with van der Waals surface area (Å²) in [6.07, 6.45) is 2.11. The third kappa shape index (κ3) is 4.19. The van der Waals surface area contributed by atoms with Gasteiger partial charge in [0.15, 0.2) is 0 Å². The van der Waals surface area contributed by atoms with Gasteiger partial charge in [0.1, 0.15) is 0 Å². The van der Waals surface area contributed by atoms with Gasteiger partial charge in [-0.05, 0) is 18.1 Å². The largest absolute Gasteiger partial charge is 0.350 e. The Hall–Kier alpha value is -1.35. The fraction of sp³-hybridized carbons (Fsp3) is 0.500. The summed E-state index contributed by atoms with van der Waals surface area (Å²) in [5.74, 6) is 0.429. The molecule has 1 rings (SSSR count). The van der Waals surface area contributed by atoms with Crippen molar-refractivity contribution in [2.45, 2.75) is 32.7 Å². The summed E-state index contributed by atoms with van der Waals surface area (Å²) in [6, 6.07) is 9.26. The van der Waals surface area contributed by atoms with Gasteiger partial charge in [-0.3, -0.25) is 4.79 Å². The van der Waals surface area contributed by atoms with Crippen LogP contribution in [0.2, 0.25) is 0 Å². The number of hydrogen-bond donors (Lipinski definition) is 2.